The average Bonchev–Trinajstić information content (AvgIpc) is 3.45. The molecule has 2 aromatic carbocycles. The first-order valence-electron chi connectivity index (χ1n) is 10.7. The Bertz CT molecular complexity index is 1130. The number of ether oxygens (including phenoxy) is 1. The molecular weight excluding hydrogens is 489 g/mol. The molecule has 0 spiro atoms. The van der Waals surface area contributed by atoms with Gasteiger partial charge in [0.1, 0.15) is 19.1 Å². The number of H-pyrrole nitrogens is 1. The number of halogens is 2. The summed E-state index contributed by atoms with van der Waals surface area (Å²) < 4.78 is 19.4. The molecule has 1 aromatic heterocycles. The fourth-order valence-electron chi connectivity index (χ4n) is 3.97. The van der Waals surface area contributed by atoms with Crippen molar-refractivity contribution >= 4 is 27.6 Å². The van der Waals surface area contributed by atoms with E-state index < -0.39 is 18.6 Å². The molecule has 1 amide bonds. The van der Waals surface area contributed by atoms with E-state index in [1.165, 1.54) is 0 Å². The minimum Gasteiger partial charge on any atom is -0.485 e. The molecule has 0 fully saturated rings. The fraction of sp³-hybridized carbons (Fsp3) is 0.240. The maximum atomic E-state index is 13.6. The first-order chi connectivity index (χ1) is 16.1. The molecular formula is C25H23BrFN3O3. The van der Waals surface area contributed by atoms with Gasteiger partial charge in [-0.3, -0.25) is 9.59 Å². The quantitative estimate of drug-likeness (QED) is 0.396. The van der Waals surface area contributed by atoms with E-state index in [1.54, 1.807) is 41.6 Å². The molecule has 4 rings (SSSR count). The lowest BCUT2D eigenvalue weighted by Crippen LogP contribution is -2.32. The van der Waals surface area contributed by atoms with Gasteiger partial charge in [-0.2, -0.15) is 0 Å². The third kappa shape index (κ3) is 5.06. The van der Waals surface area contributed by atoms with Crippen molar-refractivity contribution in [1.29, 1.82) is 0 Å². The summed E-state index contributed by atoms with van der Waals surface area (Å²) in [4.78, 5) is 35.9. The second kappa shape index (κ2) is 10.6. The number of hydrogen-bond acceptors (Lipinski definition) is 4. The molecule has 8 heteroatoms. The van der Waals surface area contributed by atoms with Gasteiger partial charge in [0.25, 0.3) is 5.91 Å². The number of Topliss-reactive ketones (excluding diaryl/α,β-unsaturated/α-hetero) is 1. The summed E-state index contributed by atoms with van der Waals surface area (Å²) in [6.45, 7) is -0.667. The van der Waals surface area contributed by atoms with Gasteiger partial charge >= 0.3 is 0 Å². The molecule has 1 aliphatic heterocycles. The highest BCUT2D eigenvalue weighted by molar-refractivity contribution is 9.10. The Morgan fingerprint density at radius 2 is 1.91 bits per heavy atom. The summed E-state index contributed by atoms with van der Waals surface area (Å²) in [6.07, 6.45) is 4.71. The molecule has 1 atom stereocenters. The number of nitrogens with zero attached hydrogens (tertiary/aromatic N) is 2. The number of carbonyl (C=O) groups is 2. The van der Waals surface area contributed by atoms with E-state index in [0.717, 1.165) is 15.9 Å². The minimum absolute atomic E-state index is 0.0765. The van der Waals surface area contributed by atoms with Crippen molar-refractivity contribution in [2.45, 2.75) is 18.9 Å². The molecule has 0 saturated carbocycles. The number of carbonyl (C=O) groups excluding carboxylic acids is 2. The first kappa shape index (κ1) is 22.9. The third-order valence-electron chi connectivity index (χ3n) is 5.44. The zero-order chi connectivity index (χ0) is 23.2. The van der Waals surface area contributed by atoms with E-state index in [2.05, 4.69) is 25.9 Å². The standard InChI is InChI=1S/C25H23BrFN3O3/c26-19-10-8-17(9-11-19)22-21(23(31)18-5-2-1-3-6-18)24(33-16-12-27)25(32)30(22)15-4-7-20-28-13-14-29-20/h1-3,5-6,8-11,13-14,22H,4,7,12,15-16H2,(H,28,29). The fourth-order valence-corrected chi connectivity index (χ4v) is 4.23. The van der Waals surface area contributed by atoms with E-state index in [-0.39, 0.29) is 23.7 Å². The van der Waals surface area contributed by atoms with Gasteiger partial charge in [-0.05, 0) is 24.1 Å². The van der Waals surface area contributed by atoms with E-state index >= 15 is 0 Å². The Labute approximate surface area is 199 Å². The Morgan fingerprint density at radius 1 is 1.15 bits per heavy atom. The van der Waals surface area contributed by atoms with Crippen LogP contribution in [0.3, 0.4) is 0 Å². The number of ketones is 1. The molecule has 3 aromatic rings. The first-order valence-corrected chi connectivity index (χ1v) is 11.5. The highest BCUT2D eigenvalue weighted by Crippen LogP contribution is 2.40. The molecule has 0 saturated heterocycles. The number of alkyl halides is 1. The van der Waals surface area contributed by atoms with E-state index in [9.17, 15) is 14.0 Å². The van der Waals surface area contributed by atoms with E-state index in [0.29, 0.717) is 24.9 Å². The second-order valence-electron chi connectivity index (χ2n) is 7.57. The molecule has 0 radical (unpaired) electrons. The highest BCUT2D eigenvalue weighted by Gasteiger charge is 2.44. The maximum Gasteiger partial charge on any atom is 0.290 e. The van der Waals surface area contributed by atoms with Gasteiger partial charge in [-0.1, -0.05) is 58.4 Å². The highest BCUT2D eigenvalue weighted by atomic mass is 79.9. The van der Waals surface area contributed by atoms with E-state index in [4.69, 9.17) is 4.74 Å². The second-order valence-corrected chi connectivity index (χ2v) is 8.48. The van der Waals surface area contributed by atoms with Crippen LogP contribution in [0.1, 0.15) is 34.2 Å². The maximum absolute atomic E-state index is 13.6. The average molecular weight is 512 g/mol. The molecule has 2 heterocycles. The molecule has 6 nitrogen and oxygen atoms in total. The van der Waals surface area contributed by atoms with Crippen molar-refractivity contribution in [2.24, 2.45) is 0 Å². The zero-order valence-electron chi connectivity index (χ0n) is 17.8. The van der Waals surface area contributed by atoms with Crippen LogP contribution in [-0.4, -0.2) is 46.4 Å². The lowest BCUT2D eigenvalue weighted by molar-refractivity contribution is -0.130. The molecule has 33 heavy (non-hydrogen) atoms. The summed E-state index contributed by atoms with van der Waals surface area (Å²) in [6, 6.07) is 15.6. The number of hydrogen-bond donors (Lipinski definition) is 1. The van der Waals surface area contributed by atoms with Gasteiger partial charge in [0.15, 0.2) is 11.5 Å². The van der Waals surface area contributed by atoms with Crippen LogP contribution in [0, 0.1) is 0 Å². The number of rotatable bonds is 10. The topological polar surface area (TPSA) is 75.3 Å². The number of amides is 1. The lowest BCUT2D eigenvalue weighted by Gasteiger charge is -2.27. The summed E-state index contributed by atoms with van der Waals surface area (Å²) >= 11 is 3.44. The third-order valence-corrected chi connectivity index (χ3v) is 5.97. The number of aromatic nitrogens is 2. The van der Waals surface area contributed by atoms with Gasteiger partial charge in [0.2, 0.25) is 0 Å². The summed E-state index contributed by atoms with van der Waals surface area (Å²) in [7, 11) is 0. The molecule has 0 aliphatic carbocycles. The Hall–Kier alpha value is -3.26. The van der Waals surface area contributed by atoms with Crippen molar-refractivity contribution in [3.8, 4) is 0 Å². The predicted molar refractivity (Wildman–Crippen MR) is 125 cm³/mol. The molecule has 1 aliphatic rings. The summed E-state index contributed by atoms with van der Waals surface area (Å²) in [5.74, 6) is 0.0334. The number of imidazole rings is 1. The zero-order valence-corrected chi connectivity index (χ0v) is 19.4. The monoisotopic (exact) mass is 511 g/mol. The van der Waals surface area contributed by atoms with Crippen LogP contribution in [0.5, 0.6) is 0 Å². The van der Waals surface area contributed by atoms with Crippen molar-refractivity contribution in [1.82, 2.24) is 14.9 Å². The number of nitrogens with one attached hydrogen (secondary N) is 1. The summed E-state index contributed by atoms with van der Waals surface area (Å²) in [5.41, 5.74) is 1.46. The number of aryl methyl sites for hydroxylation is 1. The number of benzene rings is 2. The van der Waals surface area contributed by atoms with Crippen molar-refractivity contribution < 1.29 is 18.7 Å². The van der Waals surface area contributed by atoms with Crippen molar-refractivity contribution in [3.05, 3.63) is 99.7 Å². The van der Waals surface area contributed by atoms with Crippen LogP contribution in [0.25, 0.3) is 0 Å². The van der Waals surface area contributed by atoms with Gasteiger partial charge in [0.05, 0.1) is 11.6 Å². The molecule has 170 valence electrons. The predicted octanol–water partition coefficient (Wildman–Crippen LogP) is 4.81. The Kier molecular flexibility index (Phi) is 7.34. The van der Waals surface area contributed by atoms with Gasteiger partial charge in [0, 0.05) is 35.4 Å². The van der Waals surface area contributed by atoms with Crippen LogP contribution >= 0.6 is 15.9 Å². The van der Waals surface area contributed by atoms with Crippen molar-refractivity contribution in [3.63, 3.8) is 0 Å². The van der Waals surface area contributed by atoms with Gasteiger partial charge in [-0.25, -0.2) is 9.37 Å². The van der Waals surface area contributed by atoms with Gasteiger partial charge < -0.3 is 14.6 Å². The molecule has 0 bridgehead atoms. The number of aromatic amines is 1. The summed E-state index contributed by atoms with van der Waals surface area (Å²) in [5, 5.41) is 0. The van der Waals surface area contributed by atoms with Gasteiger partial charge in [-0.15, -0.1) is 0 Å². The van der Waals surface area contributed by atoms with E-state index in [1.807, 2.05) is 30.3 Å². The van der Waals surface area contributed by atoms with Crippen LogP contribution in [0.15, 0.2) is 82.8 Å². The van der Waals surface area contributed by atoms with Crippen LogP contribution in [0.4, 0.5) is 4.39 Å². The van der Waals surface area contributed by atoms with Crippen LogP contribution in [0.2, 0.25) is 0 Å². The smallest absolute Gasteiger partial charge is 0.290 e. The molecule has 1 unspecified atom stereocenters. The van der Waals surface area contributed by atoms with Crippen LogP contribution < -0.4 is 0 Å². The normalized spacial score (nSPS) is 15.9. The van der Waals surface area contributed by atoms with Crippen LogP contribution in [-0.2, 0) is 16.0 Å². The minimum atomic E-state index is -0.759. The molecule has 1 N–H and O–H groups in total. The Morgan fingerprint density at radius 3 is 2.58 bits per heavy atom. The largest absolute Gasteiger partial charge is 0.485 e. The lowest BCUT2D eigenvalue weighted by atomic mass is 9.92. The Balaban J connectivity index is 1.73. The van der Waals surface area contributed by atoms with Crippen molar-refractivity contribution in [2.75, 3.05) is 19.8 Å². The SMILES string of the molecule is O=C(C1=C(OCCF)C(=O)N(CCCc2ncc[nH]2)C1c1ccc(Br)cc1)c1ccccc1.